The van der Waals surface area contributed by atoms with Crippen molar-refractivity contribution in [1.29, 1.82) is 0 Å². The zero-order valence-corrected chi connectivity index (χ0v) is 14.3. The van der Waals surface area contributed by atoms with Gasteiger partial charge in [0.15, 0.2) is 0 Å². The predicted molar refractivity (Wildman–Crippen MR) is 91.0 cm³/mol. The summed E-state index contributed by atoms with van der Waals surface area (Å²) in [6, 6.07) is 12.7. The van der Waals surface area contributed by atoms with Crippen molar-refractivity contribution in [2.24, 2.45) is 0 Å². The van der Waals surface area contributed by atoms with E-state index in [4.69, 9.17) is 0 Å². The Morgan fingerprint density at radius 1 is 1.09 bits per heavy atom. The SMILES string of the molecule is CC(C)(C)c1ccc2c(c1)C(=O)C(c1cccc(Br)c1)=[N+]2[O-]. The lowest BCUT2D eigenvalue weighted by Crippen LogP contribution is -2.17. The predicted octanol–water partition coefficient (Wildman–Crippen LogP) is 4.57. The van der Waals surface area contributed by atoms with Crippen molar-refractivity contribution < 1.29 is 9.53 Å². The number of hydrogen-bond donors (Lipinski definition) is 0. The highest BCUT2D eigenvalue weighted by Crippen LogP contribution is 2.33. The number of rotatable bonds is 1. The lowest BCUT2D eigenvalue weighted by Gasteiger charge is -2.19. The minimum atomic E-state index is -0.214. The number of benzene rings is 2. The minimum Gasteiger partial charge on any atom is -0.618 e. The van der Waals surface area contributed by atoms with Crippen LogP contribution in [-0.2, 0) is 5.41 Å². The Morgan fingerprint density at radius 3 is 2.45 bits per heavy atom. The molecule has 0 spiro atoms. The van der Waals surface area contributed by atoms with E-state index in [1.165, 1.54) is 0 Å². The summed E-state index contributed by atoms with van der Waals surface area (Å²) in [6.45, 7) is 6.26. The Labute approximate surface area is 138 Å². The molecule has 0 fully saturated rings. The Morgan fingerprint density at radius 2 is 1.82 bits per heavy atom. The van der Waals surface area contributed by atoms with Gasteiger partial charge in [-0.05, 0) is 35.2 Å². The maximum absolute atomic E-state index is 12.7. The Balaban J connectivity index is 2.14. The molecule has 112 valence electrons. The summed E-state index contributed by atoms with van der Waals surface area (Å²) in [4.78, 5) is 12.7. The summed E-state index contributed by atoms with van der Waals surface area (Å²) in [5, 5.41) is 12.5. The molecular weight excluding hydrogens is 342 g/mol. The van der Waals surface area contributed by atoms with Crippen molar-refractivity contribution in [3.05, 3.63) is 68.8 Å². The van der Waals surface area contributed by atoms with Gasteiger partial charge in [-0.1, -0.05) is 48.8 Å². The number of hydrogen-bond acceptors (Lipinski definition) is 2. The van der Waals surface area contributed by atoms with Crippen molar-refractivity contribution in [1.82, 2.24) is 0 Å². The molecule has 0 radical (unpaired) electrons. The van der Waals surface area contributed by atoms with E-state index in [1.54, 1.807) is 18.2 Å². The van der Waals surface area contributed by atoms with Crippen LogP contribution >= 0.6 is 15.9 Å². The summed E-state index contributed by atoms with van der Waals surface area (Å²) in [5.74, 6) is -0.214. The molecule has 3 nitrogen and oxygen atoms in total. The molecule has 0 bridgehead atoms. The smallest absolute Gasteiger partial charge is 0.272 e. The van der Waals surface area contributed by atoms with Gasteiger partial charge in [0.25, 0.3) is 11.5 Å². The number of carbonyl (C=O) groups is 1. The van der Waals surface area contributed by atoms with E-state index in [0.717, 1.165) is 14.8 Å². The molecule has 0 aromatic heterocycles. The molecule has 4 heteroatoms. The zero-order chi connectivity index (χ0) is 16.1. The topological polar surface area (TPSA) is 43.1 Å². The average molecular weight is 358 g/mol. The molecule has 2 aromatic carbocycles. The highest BCUT2D eigenvalue weighted by molar-refractivity contribution is 9.10. The number of fused-ring (bicyclic) bond motifs is 1. The van der Waals surface area contributed by atoms with Crippen LogP contribution in [-0.4, -0.2) is 16.2 Å². The molecule has 0 amide bonds. The second-order valence-corrected chi connectivity index (χ2v) is 7.38. The molecule has 0 N–H and O–H groups in total. The van der Waals surface area contributed by atoms with Crippen LogP contribution in [0.2, 0.25) is 0 Å². The molecule has 0 unspecified atom stereocenters. The van der Waals surface area contributed by atoms with Gasteiger partial charge in [0, 0.05) is 10.5 Å². The van der Waals surface area contributed by atoms with Crippen LogP contribution in [0.1, 0.15) is 42.3 Å². The van der Waals surface area contributed by atoms with E-state index < -0.39 is 0 Å². The van der Waals surface area contributed by atoms with E-state index in [9.17, 15) is 10.0 Å². The van der Waals surface area contributed by atoms with Gasteiger partial charge in [-0.2, -0.15) is 4.74 Å². The van der Waals surface area contributed by atoms with Crippen molar-refractivity contribution in [2.75, 3.05) is 0 Å². The van der Waals surface area contributed by atoms with Crippen LogP contribution in [0.15, 0.2) is 46.9 Å². The number of Topliss-reactive ketones (excluding diaryl/α,β-unsaturated/α-hetero) is 1. The van der Waals surface area contributed by atoms with Gasteiger partial charge in [0.2, 0.25) is 5.69 Å². The molecule has 2 aromatic rings. The molecule has 1 aliphatic heterocycles. The molecular formula is C18H16BrNO2. The second kappa shape index (κ2) is 5.06. The molecule has 22 heavy (non-hydrogen) atoms. The molecule has 1 aliphatic rings. The quantitative estimate of drug-likeness (QED) is 0.553. The highest BCUT2D eigenvalue weighted by Gasteiger charge is 2.37. The molecule has 3 rings (SSSR count). The van der Waals surface area contributed by atoms with Crippen LogP contribution in [0.3, 0.4) is 0 Å². The van der Waals surface area contributed by atoms with Gasteiger partial charge in [-0.25, -0.2) is 0 Å². The summed E-state index contributed by atoms with van der Waals surface area (Å²) in [5.41, 5.74) is 2.70. The fraction of sp³-hybridized carbons (Fsp3) is 0.222. The van der Waals surface area contributed by atoms with E-state index in [1.807, 2.05) is 24.3 Å². The van der Waals surface area contributed by atoms with E-state index in [0.29, 0.717) is 16.8 Å². The maximum Gasteiger partial charge on any atom is 0.272 e. The molecule has 0 saturated carbocycles. The minimum absolute atomic E-state index is 0.0679. The fourth-order valence-corrected chi connectivity index (χ4v) is 2.99. The van der Waals surface area contributed by atoms with Crippen LogP contribution in [0.4, 0.5) is 5.69 Å². The van der Waals surface area contributed by atoms with Crippen LogP contribution < -0.4 is 0 Å². The van der Waals surface area contributed by atoms with Gasteiger partial charge in [-0.15, -0.1) is 0 Å². The average Bonchev–Trinajstić information content (AvgIpc) is 2.69. The molecule has 1 heterocycles. The third kappa shape index (κ3) is 2.37. The number of carbonyl (C=O) groups excluding carboxylic acids is 1. The molecule has 0 atom stereocenters. The van der Waals surface area contributed by atoms with Crippen molar-refractivity contribution >= 4 is 33.1 Å². The van der Waals surface area contributed by atoms with E-state index in [-0.39, 0.29) is 16.9 Å². The van der Waals surface area contributed by atoms with E-state index >= 15 is 0 Å². The van der Waals surface area contributed by atoms with Gasteiger partial charge < -0.3 is 5.21 Å². The maximum atomic E-state index is 12.7. The van der Waals surface area contributed by atoms with Crippen LogP contribution in [0.5, 0.6) is 0 Å². The molecule has 0 saturated heterocycles. The lowest BCUT2D eigenvalue weighted by molar-refractivity contribution is -0.355. The van der Waals surface area contributed by atoms with Gasteiger partial charge in [0.05, 0.1) is 5.56 Å². The highest BCUT2D eigenvalue weighted by atomic mass is 79.9. The Bertz CT molecular complexity index is 816. The van der Waals surface area contributed by atoms with Gasteiger partial charge in [-0.3, -0.25) is 4.79 Å². The summed E-state index contributed by atoms with van der Waals surface area (Å²) in [7, 11) is 0. The Hall–Kier alpha value is -1.94. The standard InChI is InChI=1S/C18H16BrNO2/c1-18(2,3)12-7-8-15-14(10-12)17(21)16(20(15)22)11-5-4-6-13(19)9-11/h4-10H,1-3H3. The number of halogens is 1. The summed E-state index contributed by atoms with van der Waals surface area (Å²) in [6.07, 6.45) is 0. The van der Waals surface area contributed by atoms with E-state index in [2.05, 4.69) is 36.7 Å². The first kappa shape index (κ1) is 15.0. The second-order valence-electron chi connectivity index (χ2n) is 6.46. The number of ketones is 1. The largest absolute Gasteiger partial charge is 0.618 e. The zero-order valence-electron chi connectivity index (χ0n) is 12.7. The third-order valence-corrected chi connectivity index (χ3v) is 4.34. The molecule has 0 aliphatic carbocycles. The fourth-order valence-electron chi connectivity index (χ4n) is 2.59. The van der Waals surface area contributed by atoms with Crippen molar-refractivity contribution in [2.45, 2.75) is 26.2 Å². The van der Waals surface area contributed by atoms with Crippen molar-refractivity contribution in [3.8, 4) is 0 Å². The number of nitrogens with zero attached hydrogens (tertiary/aromatic N) is 1. The first-order chi connectivity index (χ1) is 10.3. The third-order valence-electron chi connectivity index (χ3n) is 3.84. The lowest BCUT2D eigenvalue weighted by atomic mass is 9.85. The summed E-state index contributed by atoms with van der Waals surface area (Å²) >= 11 is 3.38. The Kier molecular flexibility index (Phi) is 3.44. The van der Waals surface area contributed by atoms with Crippen molar-refractivity contribution in [3.63, 3.8) is 0 Å². The summed E-state index contributed by atoms with van der Waals surface area (Å²) < 4.78 is 1.58. The van der Waals surface area contributed by atoms with Crippen LogP contribution in [0, 0.1) is 5.21 Å². The monoisotopic (exact) mass is 357 g/mol. The first-order valence-corrected chi connectivity index (χ1v) is 7.88. The van der Waals surface area contributed by atoms with Crippen LogP contribution in [0.25, 0.3) is 0 Å². The van der Waals surface area contributed by atoms with Gasteiger partial charge in [0.1, 0.15) is 5.56 Å². The first-order valence-electron chi connectivity index (χ1n) is 7.08. The van der Waals surface area contributed by atoms with Gasteiger partial charge >= 0.3 is 0 Å². The normalized spacial score (nSPS) is 14.5.